The van der Waals surface area contributed by atoms with Crippen LogP contribution in [0.2, 0.25) is 0 Å². The molecule has 4 rings (SSSR count). The number of hydrogen-bond donors (Lipinski definition) is 3. The molecule has 4 heterocycles. The van der Waals surface area contributed by atoms with E-state index in [1.165, 1.54) is 15.3 Å². The number of nitrogens with one attached hydrogen (secondary N) is 2. The number of carbonyl (C=O) groups excluding carboxylic acids is 1. The van der Waals surface area contributed by atoms with Crippen molar-refractivity contribution >= 4 is 28.9 Å². The molecule has 1 amide bonds. The maximum atomic E-state index is 13.0. The van der Waals surface area contributed by atoms with Crippen molar-refractivity contribution in [2.75, 3.05) is 17.7 Å². The van der Waals surface area contributed by atoms with E-state index >= 15 is 0 Å². The van der Waals surface area contributed by atoms with Crippen LogP contribution >= 0.6 is 0 Å². The van der Waals surface area contributed by atoms with Gasteiger partial charge in [-0.3, -0.25) is 18.8 Å². The molecule has 0 unspecified atom stereocenters. The normalized spacial score (nSPS) is 11.0. The smallest absolute Gasteiger partial charge is 0.280 e. The Morgan fingerprint density at radius 2 is 2.07 bits per heavy atom. The molecule has 0 radical (unpaired) electrons. The molecule has 0 aliphatic carbocycles. The van der Waals surface area contributed by atoms with Gasteiger partial charge in [-0.2, -0.15) is 14.7 Å². The van der Waals surface area contributed by atoms with Gasteiger partial charge in [-0.1, -0.05) is 0 Å². The maximum absolute atomic E-state index is 13.0. The highest BCUT2D eigenvalue weighted by Gasteiger charge is 2.16. The van der Waals surface area contributed by atoms with Gasteiger partial charge in [-0.15, -0.1) is 0 Å². The molecular weight excluding hydrogens is 374 g/mol. The SMILES string of the molecule is CNc1cc(Nc2cc(C)cn(-c3ccn(C)n3)c2=O)nc2c(C(N)=O)cnn12. The number of carbonyl (C=O) groups is 1. The van der Waals surface area contributed by atoms with E-state index in [0.29, 0.717) is 23.1 Å². The van der Waals surface area contributed by atoms with Crippen molar-refractivity contribution < 1.29 is 4.79 Å². The lowest BCUT2D eigenvalue weighted by Gasteiger charge is -2.12. The lowest BCUT2D eigenvalue weighted by molar-refractivity contribution is 0.100. The summed E-state index contributed by atoms with van der Waals surface area (Å²) in [5, 5.41) is 14.4. The molecule has 4 aromatic heterocycles. The summed E-state index contributed by atoms with van der Waals surface area (Å²) in [7, 11) is 3.49. The summed E-state index contributed by atoms with van der Waals surface area (Å²) in [5.41, 5.74) is 6.76. The number of aryl methyl sites for hydroxylation is 2. The fourth-order valence-electron chi connectivity index (χ4n) is 3.03. The van der Waals surface area contributed by atoms with E-state index in [9.17, 15) is 9.59 Å². The molecule has 4 N–H and O–H groups in total. The predicted molar refractivity (Wildman–Crippen MR) is 108 cm³/mol. The van der Waals surface area contributed by atoms with Gasteiger partial charge in [0.15, 0.2) is 11.5 Å². The van der Waals surface area contributed by atoms with E-state index in [1.54, 1.807) is 49.4 Å². The van der Waals surface area contributed by atoms with Crippen molar-refractivity contribution in [2.24, 2.45) is 12.8 Å². The van der Waals surface area contributed by atoms with E-state index in [2.05, 4.69) is 25.8 Å². The molecule has 0 spiro atoms. The van der Waals surface area contributed by atoms with Crippen LogP contribution in [0.25, 0.3) is 11.5 Å². The Morgan fingerprint density at radius 1 is 1.28 bits per heavy atom. The second-order valence-corrected chi connectivity index (χ2v) is 6.51. The molecule has 0 aliphatic heterocycles. The molecule has 148 valence electrons. The van der Waals surface area contributed by atoms with Gasteiger partial charge >= 0.3 is 0 Å². The van der Waals surface area contributed by atoms with E-state index < -0.39 is 5.91 Å². The van der Waals surface area contributed by atoms with Gasteiger partial charge in [-0.05, 0) is 18.6 Å². The summed E-state index contributed by atoms with van der Waals surface area (Å²) in [6, 6.07) is 5.15. The first-order valence-corrected chi connectivity index (χ1v) is 8.74. The lowest BCUT2D eigenvalue weighted by atomic mass is 10.2. The first-order chi connectivity index (χ1) is 13.9. The minimum Gasteiger partial charge on any atom is -0.373 e. The van der Waals surface area contributed by atoms with Gasteiger partial charge in [0.1, 0.15) is 22.9 Å². The topological polar surface area (TPSA) is 137 Å². The summed E-state index contributed by atoms with van der Waals surface area (Å²) < 4.78 is 4.55. The number of aromatic nitrogens is 6. The summed E-state index contributed by atoms with van der Waals surface area (Å²) in [6.45, 7) is 1.88. The van der Waals surface area contributed by atoms with E-state index in [1.807, 2.05) is 6.92 Å². The Bertz CT molecular complexity index is 1300. The number of hydrogen-bond acceptors (Lipinski definition) is 7. The standard InChI is InChI=1S/C18H19N9O2/c1-10-6-12(18(29)26(9-10)14-4-5-25(3)24-14)22-13-7-15(20-2)27-17(23-13)11(8-21-27)16(19)28/h4-9,20H,1-3H3,(H2,19,28)(H,22,23). The second kappa shape index (κ2) is 6.78. The number of nitrogens with two attached hydrogens (primary N) is 1. The zero-order valence-electron chi connectivity index (χ0n) is 16.0. The number of amides is 1. The highest BCUT2D eigenvalue weighted by molar-refractivity contribution is 5.98. The highest BCUT2D eigenvalue weighted by Crippen LogP contribution is 2.21. The average Bonchev–Trinajstić information content (AvgIpc) is 3.30. The van der Waals surface area contributed by atoms with Crippen LogP contribution in [0.3, 0.4) is 0 Å². The molecule has 0 fully saturated rings. The Kier molecular flexibility index (Phi) is 4.26. The lowest BCUT2D eigenvalue weighted by Crippen LogP contribution is -2.22. The van der Waals surface area contributed by atoms with Crippen molar-refractivity contribution in [1.29, 1.82) is 0 Å². The minimum atomic E-state index is -0.639. The Labute approximate surface area is 164 Å². The summed E-state index contributed by atoms with van der Waals surface area (Å²) in [5.74, 6) is 0.804. The number of nitrogens with zero attached hydrogens (tertiary/aromatic N) is 6. The summed E-state index contributed by atoms with van der Waals surface area (Å²) in [6.07, 6.45) is 4.83. The van der Waals surface area contributed by atoms with E-state index in [0.717, 1.165) is 5.56 Å². The van der Waals surface area contributed by atoms with Gasteiger partial charge in [0.25, 0.3) is 11.5 Å². The van der Waals surface area contributed by atoms with E-state index in [-0.39, 0.29) is 16.8 Å². The Balaban J connectivity index is 1.83. The fourth-order valence-corrected chi connectivity index (χ4v) is 3.03. The average molecular weight is 393 g/mol. The van der Waals surface area contributed by atoms with Crippen LogP contribution in [0, 0.1) is 6.92 Å². The number of anilines is 3. The monoisotopic (exact) mass is 393 g/mol. The van der Waals surface area contributed by atoms with Crippen LogP contribution in [-0.4, -0.2) is 41.9 Å². The van der Waals surface area contributed by atoms with Gasteiger partial charge in [0.05, 0.1) is 6.20 Å². The number of fused-ring (bicyclic) bond motifs is 1. The first kappa shape index (κ1) is 18.2. The third kappa shape index (κ3) is 3.18. The molecule has 0 atom stereocenters. The van der Waals surface area contributed by atoms with Crippen LogP contribution < -0.4 is 21.9 Å². The van der Waals surface area contributed by atoms with Gasteiger partial charge < -0.3 is 16.4 Å². The molecule has 0 saturated carbocycles. The number of pyridine rings is 1. The molecule has 0 aliphatic rings. The molecule has 11 heteroatoms. The predicted octanol–water partition coefficient (Wildman–Crippen LogP) is 0.806. The Hall–Kier alpha value is -4.15. The largest absolute Gasteiger partial charge is 0.373 e. The molecule has 0 bridgehead atoms. The number of primary amides is 1. The van der Waals surface area contributed by atoms with Gasteiger partial charge in [-0.25, -0.2) is 4.98 Å². The van der Waals surface area contributed by atoms with Crippen LogP contribution in [0.1, 0.15) is 15.9 Å². The summed E-state index contributed by atoms with van der Waals surface area (Å²) >= 11 is 0. The minimum absolute atomic E-state index is 0.181. The molecule has 0 saturated heterocycles. The van der Waals surface area contributed by atoms with Crippen LogP contribution in [0.15, 0.2) is 41.6 Å². The van der Waals surface area contributed by atoms with Gasteiger partial charge in [0, 0.05) is 38.6 Å². The third-order valence-corrected chi connectivity index (χ3v) is 4.36. The molecule has 0 aromatic carbocycles. The van der Waals surface area contributed by atoms with Crippen molar-refractivity contribution in [3.8, 4) is 5.82 Å². The quantitative estimate of drug-likeness (QED) is 0.456. The molecular formula is C18H19N9O2. The van der Waals surface area contributed by atoms with Crippen LogP contribution in [-0.2, 0) is 7.05 Å². The van der Waals surface area contributed by atoms with Crippen LogP contribution in [0.5, 0.6) is 0 Å². The van der Waals surface area contributed by atoms with Crippen molar-refractivity contribution in [3.63, 3.8) is 0 Å². The zero-order valence-corrected chi connectivity index (χ0v) is 16.0. The first-order valence-electron chi connectivity index (χ1n) is 8.74. The molecule has 11 nitrogen and oxygen atoms in total. The second-order valence-electron chi connectivity index (χ2n) is 6.51. The number of rotatable bonds is 5. The zero-order chi connectivity index (χ0) is 20.7. The Morgan fingerprint density at radius 3 is 2.72 bits per heavy atom. The maximum Gasteiger partial charge on any atom is 0.280 e. The van der Waals surface area contributed by atoms with Crippen LogP contribution in [0.4, 0.5) is 17.3 Å². The van der Waals surface area contributed by atoms with Gasteiger partial charge in [0.2, 0.25) is 0 Å². The van der Waals surface area contributed by atoms with Crippen molar-refractivity contribution in [3.05, 3.63) is 58.3 Å². The summed E-state index contributed by atoms with van der Waals surface area (Å²) in [4.78, 5) is 29.1. The van der Waals surface area contributed by atoms with Crippen molar-refractivity contribution in [2.45, 2.75) is 6.92 Å². The highest BCUT2D eigenvalue weighted by atomic mass is 16.1. The fraction of sp³-hybridized carbons (Fsp3) is 0.167. The van der Waals surface area contributed by atoms with E-state index in [4.69, 9.17) is 5.73 Å². The third-order valence-electron chi connectivity index (χ3n) is 4.36. The molecule has 29 heavy (non-hydrogen) atoms. The molecule has 4 aromatic rings. The van der Waals surface area contributed by atoms with Crippen molar-refractivity contribution in [1.82, 2.24) is 28.9 Å².